The monoisotopic (exact) mass is 392 g/mol. The fourth-order valence-corrected chi connectivity index (χ4v) is 4.49. The van der Waals surface area contributed by atoms with Gasteiger partial charge in [-0.3, -0.25) is 14.4 Å². The molecule has 7 heteroatoms. The minimum absolute atomic E-state index is 0.0180. The molecule has 1 N–H and O–H groups in total. The van der Waals surface area contributed by atoms with E-state index in [1.807, 2.05) is 17.1 Å². The zero-order chi connectivity index (χ0) is 19.9. The Bertz CT molecular complexity index is 606. The summed E-state index contributed by atoms with van der Waals surface area (Å²) in [6, 6.07) is -0.206. The lowest BCUT2D eigenvalue weighted by Gasteiger charge is -2.30. The van der Waals surface area contributed by atoms with Crippen molar-refractivity contribution in [2.45, 2.75) is 69.9 Å². The van der Waals surface area contributed by atoms with Gasteiger partial charge in [-0.1, -0.05) is 12.2 Å². The van der Waals surface area contributed by atoms with E-state index in [1.54, 1.807) is 4.90 Å². The second-order valence-electron chi connectivity index (χ2n) is 8.08. The SMILES string of the molecule is O=C1CCCC=CCC(CC(=O)N2CCCC2CO)C(=O)N2CCCC2CO1. The number of hydrogen-bond acceptors (Lipinski definition) is 5. The third-order valence-corrected chi connectivity index (χ3v) is 6.11. The summed E-state index contributed by atoms with van der Waals surface area (Å²) in [5, 5.41) is 9.50. The maximum atomic E-state index is 13.2. The smallest absolute Gasteiger partial charge is 0.305 e. The molecule has 0 bridgehead atoms. The number of aliphatic hydroxyl groups excluding tert-OH is 1. The van der Waals surface area contributed by atoms with Crippen molar-refractivity contribution in [3.63, 3.8) is 0 Å². The van der Waals surface area contributed by atoms with E-state index >= 15 is 0 Å². The molecule has 0 aromatic rings. The average Bonchev–Trinajstić information content (AvgIpc) is 3.35. The molecule has 3 unspecified atom stereocenters. The summed E-state index contributed by atoms with van der Waals surface area (Å²) in [5.74, 6) is -0.672. The standard InChI is InChI=1S/C21H32N2O5/c24-14-17-8-5-11-22(17)19(25)13-16-7-3-1-2-4-10-20(26)28-15-18-9-6-12-23(18)21(16)27/h1,3,16-18,24H,2,4-15H2. The number of likely N-dealkylation sites (tertiary alicyclic amines) is 1. The predicted molar refractivity (Wildman–Crippen MR) is 103 cm³/mol. The van der Waals surface area contributed by atoms with Crippen LogP contribution in [0.2, 0.25) is 0 Å². The lowest BCUT2D eigenvalue weighted by atomic mass is 9.97. The van der Waals surface area contributed by atoms with Gasteiger partial charge in [0.05, 0.1) is 24.6 Å². The molecular formula is C21H32N2O5. The number of carbonyl (C=O) groups excluding carboxylic acids is 3. The zero-order valence-electron chi connectivity index (χ0n) is 16.6. The highest BCUT2D eigenvalue weighted by molar-refractivity contribution is 5.86. The van der Waals surface area contributed by atoms with E-state index in [9.17, 15) is 19.5 Å². The van der Waals surface area contributed by atoms with Crippen LogP contribution in [0.3, 0.4) is 0 Å². The molecule has 0 aromatic heterocycles. The van der Waals surface area contributed by atoms with E-state index < -0.39 is 5.92 Å². The second kappa shape index (κ2) is 10.0. The first-order valence-corrected chi connectivity index (χ1v) is 10.6. The highest BCUT2D eigenvalue weighted by atomic mass is 16.5. The van der Waals surface area contributed by atoms with E-state index in [0.717, 1.165) is 38.5 Å². The Morgan fingerprint density at radius 3 is 2.79 bits per heavy atom. The number of cyclic esters (lactones) is 1. The molecule has 156 valence electrons. The van der Waals surface area contributed by atoms with Gasteiger partial charge in [0.2, 0.25) is 11.8 Å². The average molecular weight is 392 g/mol. The fourth-order valence-electron chi connectivity index (χ4n) is 4.49. The van der Waals surface area contributed by atoms with Crippen molar-refractivity contribution in [3.8, 4) is 0 Å². The maximum Gasteiger partial charge on any atom is 0.305 e. The van der Waals surface area contributed by atoms with Crippen LogP contribution in [0, 0.1) is 5.92 Å². The number of allylic oxidation sites excluding steroid dienone is 2. The van der Waals surface area contributed by atoms with Gasteiger partial charge in [-0.15, -0.1) is 0 Å². The lowest BCUT2D eigenvalue weighted by molar-refractivity contribution is -0.149. The molecule has 3 aliphatic heterocycles. The third-order valence-electron chi connectivity index (χ3n) is 6.11. The van der Waals surface area contributed by atoms with E-state index in [1.165, 1.54) is 0 Å². The van der Waals surface area contributed by atoms with Gasteiger partial charge in [0.25, 0.3) is 0 Å². The number of carbonyl (C=O) groups is 3. The summed E-state index contributed by atoms with van der Waals surface area (Å²) in [4.78, 5) is 41.5. The predicted octanol–water partition coefficient (Wildman–Crippen LogP) is 1.64. The molecule has 0 aliphatic carbocycles. The van der Waals surface area contributed by atoms with Crippen molar-refractivity contribution < 1.29 is 24.2 Å². The van der Waals surface area contributed by atoms with Gasteiger partial charge in [-0.2, -0.15) is 0 Å². The Labute approximate surface area is 166 Å². The van der Waals surface area contributed by atoms with Gasteiger partial charge in [-0.05, 0) is 44.9 Å². The van der Waals surface area contributed by atoms with Gasteiger partial charge < -0.3 is 19.6 Å². The molecule has 3 rings (SSSR count). The molecule has 0 radical (unpaired) electrons. The Hall–Kier alpha value is -1.89. The summed E-state index contributed by atoms with van der Waals surface area (Å²) in [5.41, 5.74) is 0. The number of ether oxygens (including phenoxy) is 1. The Morgan fingerprint density at radius 1 is 1.14 bits per heavy atom. The molecule has 0 aromatic carbocycles. The minimum Gasteiger partial charge on any atom is -0.463 e. The topological polar surface area (TPSA) is 87.2 Å². The maximum absolute atomic E-state index is 13.2. The highest BCUT2D eigenvalue weighted by Crippen LogP contribution is 2.26. The van der Waals surface area contributed by atoms with Gasteiger partial charge in [0.1, 0.15) is 6.61 Å². The summed E-state index contributed by atoms with van der Waals surface area (Å²) < 4.78 is 5.38. The van der Waals surface area contributed by atoms with Crippen LogP contribution in [0.1, 0.15) is 57.8 Å². The van der Waals surface area contributed by atoms with Crippen LogP contribution in [0.25, 0.3) is 0 Å². The van der Waals surface area contributed by atoms with E-state index in [4.69, 9.17) is 4.74 Å². The van der Waals surface area contributed by atoms with Crippen molar-refractivity contribution in [3.05, 3.63) is 12.2 Å². The van der Waals surface area contributed by atoms with Crippen LogP contribution in [0.15, 0.2) is 12.2 Å². The molecule has 28 heavy (non-hydrogen) atoms. The van der Waals surface area contributed by atoms with Crippen LogP contribution in [-0.4, -0.2) is 71.1 Å². The van der Waals surface area contributed by atoms with E-state index in [0.29, 0.717) is 25.9 Å². The lowest BCUT2D eigenvalue weighted by Crippen LogP contribution is -2.44. The van der Waals surface area contributed by atoms with Gasteiger partial charge in [-0.25, -0.2) is 0 Å². The summed E-state index contributed by atoms with van der Waals surface area (Å²) in [6.45, 7) is 1.53. The Kier molecular flexibility index (Phi) is 7.48. The number of nitrogens with zero attached hydrogens (tertiary/aromatic N) is 2. The minimum atomic E-state index is -0.402. The second-order valence-corrected chi connectivity index (χ2v) is 8.08. The van der Waals surface area contributed by atoms with Gasteiger partial charge >= 0.3 is 5.97 Å². The largest absolute Gasteiger partial charge is 0.463 e. The molecule has 2 amide bonds. The molecule has 3 aliphatic rings. The number of hydrogen-bond donors (Lipinski definition) is 1. The summed E-state index contributed by atoms with van der Waals surface area (Å²) in [6.07, 6.45) is 9.98. The number of fused-ring (bicyclic) bond motifs is 1. The van der Waals surface area contributed by atoms with Crippen LogP contribution in [-0.2, 0) is 19.1 Å². The van der Waals surface area contributed by atoms with Crippen molar-refractivity contribution in [1.29, 1.82) is 0 Å². The zero-order valence-corrected chi connectivity index (χ0v) is 16.6. The molecule has 7 nitrogen and oxygen atoms in total. The van der Waals surface area contributed by atoms with Crippen LogP contribution in [0.4, 0.5) is 0 Å². The number of rotatable bonds is 3. The number of aliphatic hydroxyl groups is 1. The Balaban J connectivity index is 1.71. The first-order chi connectivity index (χ1) is 13.6. The first kappa shape index (κ1) is 20.8. The van der Waals surface area contributed by atoms with E-state index in [2.05, 4.69) is 0 Å². The van der Waals surface area contributed by atoms with Crippen molar-refractivity contribution in [1.82, 2.24) is 9.80 Å². The third kappa shape index (κ3) is 5.13. The fraction of sp³-hybridized carbons (Fsp3) is 0.762. The quantitative estimate of drug-likeness (QED) is 0.583. The molecule has 2 fully saturated rings. The number of esters is 1. The molecule has 0 saturated carbocycles. The normalized spacial score (nSPS) is 29.7. The molecule has 0 spiro atoms. The van der Waals surface area contributed by atoms with Crippen LogP contribution >= 0.6 is 0 Å². The molecule has 3 atom stereocenters. The first-order valence-electron chi connectivity index (χ1n) is 10.6. The van der Waals surface area contributed by atoms with Crippen molar-refractivity contribution in [2.24, 2.45) is 5.92 Å². The molecule has 2 saturated heterocycles. The van der Waals surface area contributed by atoms with Crippen molar-refractivity contribution >= 4 is 17.8 Å². The van der Waals surface area contributed by atoms with Gasteiger partial charge in [0.15, 0.2) is 0 Å². The highest BCUT2D eigenvalue weighted by Gasteiger charge is 2.36. The van der Waals surface area contributed by atoms with E-state index in [-0.39, 0.29) is 49.5 Å². The van der Waals surface area contributed by atoms with Gasteiger partial charge in [0, 0.05) is 25.9 Å². The van der Waals surface area contributed by atoms with Crippen LogP contribution < -0.4 is 0 Å². The van der Waals surface area contributed by atoms with Crippen molar-refractivity contribution in [2.75, 3.05) is 26.3 Å². The summed E-state index contributed by atoms with van der Waals surface area (Å²) >= 11 is 0. The molecule has 3 heterocycles. The summed E-state index contributed by atoms with van der Waals surface area (Å²) in [7, 11) is 0. The number of amides is 2. The molecular weight excluding hydrogens is 360 g/mol. The Morgan fingerprint density at radius 2 is 1.96 bits per heavy atom. The van der Waals surface area contributed by atoms with Crippen LogP contribution in [0.5, 0.6) is 0 Å².